The average molecular weight is 386 g/mol. The number of esters is 1. The van der Waals surface area contributed by atoms with Crippen LogP contribution in [-0.4, -0.2) is 31.2 Å². The molecule has 1 saturated carbocycles. The van der Waals surface area contributed by atoms with Gasteiger partial charge in [0.25, 0.3) is 0 Å². The van der Waals surface area contributed by atoms with E-state index in [1.165, 1.54) is 0 Å². The zero-order valence-corrected chi connectivity index (χ0v) is 17.2. The SMILES string of the molecule is CCN(CC)c1ccc([C@H]2NC(=O)NC(C)=C2C(=O)O[C@@H]2CCC[C@@H]2C)cc1. The number of nitrogens with one attached hydrogen (secondary N) is 2. The molecule has 3 rings (SSSR count). The molecule has 2 N–H and O–H groups in total. The Balaban J connectivity index is 1.85. The van der Waals surface area contributed by atoms with Crippen LogP contribution in [0.3, 0.4) is 0 Å². The van der Waals surface area contributed by atoms with Crippen molar-refractivity contribution in [3.63, 3.8) is 0 Å². The molecule has 0 aromatic heterocycles. The van der Waals surface area contributed by atoms with Crippen LogP contribution in [0, 0.1) is 5.92 Å². The molecule has 0 saturated heterocycles. The van der Waals surface area contributed by atoms with Crippen LogP contribution < -0.4 is 15.5 Å². The fourth-order valence-electron chi connectivity index (χ4n) is 4.17. The second kappa shape index (κ2) is 8.67. The second-order valence-electron chi connectivity index (χ2n) is 7.69. The molecule has 0 spiro atoms. The largest absolute Gasteiger partial charge is 0.459 e. The van der Waals surface area contributed by atoms with Gasteiger partial charge in [0.1, 0.15) is 6.10 Å². The van der Waals surface area contributed by atoms with Crippen molar-refractivity contribution < 1.29 is 14.3 Å². The lowest BCUT2D eigenvalue weighted by atomic mass is 9.95. The number of benzene rings is 1. The molecule has 6 heteroatoms. The number of urea groups is 1. The van der Waals surface area contributed by atoms with Crippen LogP contribution in [-0.2, 0) is 9.53 Å². The molecule has 1 aliphatic carbocycles. The summed E-state index contributed by atoms with van der Waals surface area (Å²) in [6.45, 7) is 9.97. The first kappa shape index (κ1) is 20.2. The van der Waals surface area contributed by atoms with Crippen LogP contribution in [0.15, 0.2) is 35.5 Å². The Hall–Kier alpha value is -2.50. The summed E-state index contributed by atoms with van der Waals surface area (Å²) in [6.07, 6.45) is 3.03. The monoisotopic (exact) mass is 385 g/mol. The van der Waals surface area contributed by atoms with Crippen LogP contribution in [0.1, 0.15) is 58.6 Å². The van der Waals surface area contributed by atoms with Gasteiger partial charge in [-0.1, -0.05) is 19.1 Å². The van der Waals surface area contributed by atoms with E-state index in [0.717, 1.165) is 43.6 Å². The summed E-state index contributed by atoms with van der Waals surface area (Å²) < 4.78 is 5.82. The van der Waals surface area contributed by atoms with E-state index in [0.29, 0.717) is 17.2 Å². The van der Waals surface area contributed by atoms with E-state index < -0.39 is 6.04 Å². The van der Waals surface area contributed by atoms with Crippen molar-refractivity contribution >= 4 is 17.7 Å². The average Bonchev–Trinajstić information content (AvgIpc) is 3.07. The standard InChI is InChI=1S/C22H31N3O3/c1-5-25(6-2)17-12-10-16(11-13-17)20-19(15(4)23-22(27)24-20)21(26)28-18-9-7-8-14(18)3/h10-14,18,20H,5-9H2,1-4H3,(H2,23,24,27)/t14-,18+,20+/m0/s1. The van der Waals surface area contributed by atoms with Gasteiger partial charge >= 0.3 is 12.0 Å². The molecule has 0 radical (unpaired) electrons. The number of rotatable bonds is 6. The topological polar surface area (TPSA) is 70.7 Å². The van der Waals surface area contributed by atoms with Gasteiger partial charge in [-0.05, 0) is 63.6 Å². The number of nitrogens with zero attached hydrogens (tertiary/aromatic N) is 1. The fraction of sp³-hybridized carbons (Fsp3) is 0.545. The van der Waals surface area contributed by atoms with Crippen molar-refractivity contribution in [2.45, 2.75) is 59.1 Å². The predicted octanol–water partition coefficient (Wildman–Crippen LogP) is 3.89. The number of hydrogen-bond acceptors (Lipinski definition) is 4. The summed E-state index contributed by atoms with van der Waals surface area (Å²) >= 11 is 0. The first-order valence-corrected chi connectivity index (χ1v) is 10.3. The first-order chi connectivity index (χ1) is 13.4. The highest BCUT2D eigenvalue weighted by Gasteiger charge is 2.35. The maximum absolute atomic E-state index is 13.0. The van der Waals surface area contributed by atoms with Gasteiger partial charge in [-0.25, -0.2) is 9.59 Å². The van der Waals surface area contributed by atoms with Crippen molar-refractivity contribution in [1.82, 2.24) is 10.6 Å². The van der Waals surface area contributed by atoms with Crippen molar-refractivity contribution in [1.29, 1.82) is 0 Å². The van der Waals surface area contributed by atoms with Gasteiger partial charge in [0.05, 0.1) is 11.6 Å². The second-order valence-corrected chi connectivity index (χ2v) is 7.69. The van der Waals surface area contributed by atoms with Gasteiger partial charge in [0.2, 0.25) is 0 Å². The Kier molecular flexibility index (Phi) is 6.27. The van der Waals surface area contributed by atoms with E-state index in [-0.39, 0.29) is 18.1 Å². The molecule has 1 aromatic rings. The highest BCUT2D eigenvalue weighted by molar-refractivity contribution is 5.95. The smallest absolute Gasteiger partial charge is 0.338 e. The molecule has 3 atom stereocenters. The minimum atomic E-state index is -0.510. The molecule has 0 unspecified atom stereocenters. The molecule has 1 heterocycles. The minimum absolute atomic E-state index is 0.0453. The van der Waals surface area contributed by atoms with Gasteiger partial charge in [0.15, 0.2) is 0 Å². The highest BCUT2D eigenvalue weighted by Crippen LogP contribution is 2.32. The number of allylic oxidation sites excluding steroid dienone is 1. The molecular weight excluding hydrogens is 354 g/mol. The number of anilines is 1. The Bertz CT molecular complexity index is 753. The Morgan fingerprint density at radius 1 is 1.18 bits per heavy atom. The third-order valence-corrected chi connectivity index (χ3v) is 5.89. The summed E-state index contributed by atoms with van der Waals surface area (Å²) in [7, 11) is 0. The molecule has 152 valence electrons. The van der Waals surface area contributed by atoms with E-state index in [2.05, 4.69) is 36.3 Å². The summed E-state index contributed by atoms with van der Waals surface area (Å²) in [5.41, 5.74) is 3.03. The van der Waals surface area contributed by atoms with Crippen molar-refractivity contribution in [2.75, 3.05) is 18.0 Å². The van der Waals surface area contributed by atoms with Gasteiger partial charge < -0.3 is 20.3 Å². The third kappa shape index (κ3) is 4.16. The Labute approximate surface area is 167 Å². The molecule has 28 heavy (non-hydrogen) atoms. The van der Waals surface area contributed by atoms with E-state index in [9.17, 15) is 9.59 Å². The molecule has 6 nitrogen and oxygen atoms in total. The van der Waals surface area contributed by atoms with Crippen LogP contribution in [0.25, 0.3) is 0 Å². The predicted molar refractivity (Wildman–Crippen MR) is 110 cm³/mol. The van der Waals surface area contributed by atoms with E-state index in [1.807, 2.05) is 24.3 Å². The van der Waals surface area contributed by atoms with Gasteiger partial charge in [-0.2, -0.15) is 0 Å². The summed E-state index contributed by atoms with van der Waals surface area (Å²) in [5.74, 6) is 0.0318. The number of amides is 2. The number of carbonyl (C=O) groups is 2. The third-order valence-electron chi connectivity index (χ3n) is 5.89. The number of carbonyl (C=O) groups excluding carboxylic acids is 2. The van der Waals surface area contributed by atoms with Gasteiger partial charge in [0, 0.05) is 24.5 Å². The lowest BCUT2D eigenvalue weighted by Crippen LogP contribution is -2.45. The molecular formula is C22H31N3O3. The Morgan fingerprint density at radius 3 is 2.43 bits per heavy atom. The normalized spacial score (nSPS) is 24.6. The lowest BCUT2D eigenvalue weighted by molar-refractivity contribution is -0.146. The van der Waals surface area contributed by atoms with Crippen molar-refractivity contribution in [2.24, 2.45) is 5.92 Å². The van der Waals surface area contributed by atoms with E-state index >= 15 is 0 Å². The van der Waals surface area contributed by atoms with Gasteiger partial charge in [-0.3, -0.25) is 0 Å². The van der Waals surface area contributed by atoms with E-state index in [4.69, 9.17) is 4.74 Å². The first-order valence-electron chi connectivity index (χ1n) is 10.3. The molecule has 1 fully saturated rings. The van der Waals surface area contributed by atoms with E-state index in [1.54, 1.807) is 6.92 Å². The Morgan fingerprint density at radius 2 is 1.86 bits per heavy atom. The zero-order valence-electron chi connectivity index (χ0n) is 17.2. The minimum Gasteiger partial charge on any atom is -0.459 e. The quantitative estimate of drug-likeness (QED) is 0.729. The van der Waals surface area contributed by atoms with Crippen LogP contribution in [0.5, 0.6) is 0 Å². The fourth-order valence-corrected chi connectivity index (χ4v) is 4.17. The van der Waals surface area contributed by atoms with Crippen LogP contribution in [0.2, 0.25) is 0 Å². The molecule has 1 aromatic carbocycles. The summed E-state index contributed by atoms with van der Waals surface area (Å²) in [6, 6.07) is 7.21. The molecule has 0 bridgehead atoms. The van der Waals surface area contributed by atoms with Crippen LogP contribution in [0.4, 0.5) is 10.5 Å². The summed E-state index contributed by atoms with van der Waals surface area (Å²) in [5, 5.41) is 5.60. The lowest BCUT2D eigenvalue weighted by Gasteiger charge is -2.30. The van der Waals surface area contributed by atoms with Gasteiger partial charge in [-0.15, -0.1) is 0 Å². The molecule has 2 aliphatic rings. The number of ether oxygens (including phenoxy) is 1. The maximum atomic E-state index is 13.0. The highest BCUT2D eigenvalue weighted by atomic mass is 16.5. The molecule has 1 aliphatic heterocycles. The summed E-state index contributed by atoms with van der Waals surface area (Å²) in [4.78, 5) is 27.3. The molecule has 2 amide bonds. The van der Waals surface area contributed by atoms with Crippen LogP contribution >= 0.6 is 0 Å². The maximum Gasteiger partial charge on any atom is 0.338 e. The van der Waals surface area contributed by atoms with Crippen molar-refractivity contribution in [3.8, 4) is 0 Å². The van der Waals surface area contributed by atoms with Crippen molar-refractivity contribution in [3.05, 3.63) is 41.1 Å². The number of hydrogen-bond donors (Lipinski definition) is 2. The zero-order chi connectivity index (χ0) is 20.3.